The van der Waals surface area contributed by atoms with Gasteiger partial charge in [0, 0.05) is 29.2 Å². The molecule has 3 unspecified atom stereocenters. The molecule has 9 nitrogen and oxygen atoms in total. The van der Waals surface area contributed by atoms with E-state index in [0.29, 0.717) is 17.3 Å². The molecule has 3 atom stereocenters. The molecule has 0 bridgehead atoms. The first-order valence-corrected chi connectivity index (χ1v) is 13.4. The number of nitrogens with zero attached hydrogens (tertiary/aromatic N) is 3. The summed E-state index contributed by atoms with van der Waals surface area (Å²) in [6, 6.07) is 10.0. The van der Waals surface area contributed by atoms with Gasteiger partial charge in [0.25, 0.3) is 5.91 Å². The van der Waals surface area contributed by atoms with Gasteiger partial charge in [0.05, 0.1) is 17.0 Å². The Morgan fingerprint density at radius 2 is 1.97 bits per heavy atom. The standard InChI is InChI=1S/C29H36FN5O4/c1-28(2)14-21(29(3,4)35(28)38)27(37)39-16-19-8-6-10-23(32-19)17-11-12-24(22(30)13-17)34-15-18-7-5-9-20(26(31)36)25(18)33-34/h5,7,9,11-13,15,19,21,23,32,38H,6,8,10,14,16H2,1-4H3,(H2,31,36). The average molecular weight is 538 g/mol. The Balaban J connectivity index is 1.26. The van der Waals surface area contributed by atoms with Crippen LogP contribution in [0.5, 0.6) is 0 Å². The first-order chi connectivity index (χ1) is 18.4. The van der Waals surface area contributed by atoms with E-state index in [1.807, 2.05) is 33.8 Å². The number of benzene rings is 2. The van der Waals surface area contributed by atoms with Crippen LogP contribution in [0.15, 0.2) is 42.6 Å². The van der Waals surface area contributed by atoms with Crippen LogP contribution < -0.4 is 11.1 Å². The number of piperidine rings is 1. The van der Waals surface area contributed by atoms with Crippen molar-refractivity contribution in [2.45, 2.75) is 76.5 Å². The highest BCUT2D eigenvalue weighted by Crippen LogP contribution is 2.44. The predicted molar refractivity (Wildman–Crippen MR) is 144 cm³/mol. The van der Waals surface area contributed by atoms with E-state index < -0.39 is 28.7 Å². The molecule has 39 heavy (non-hydrogen) atoms. The molecule has 0 spiro atoms. The maximum atomic E-state index is 15.3. The zero-order valence-electron chi connectivity index (χ0n) is 22.8. The maximum absolute atomic E-state index is 15.3. The highest BCUT2D eigenvalue weighted by atomic mass is 19.1. The van der Waals surface area contributed by atoms with Crippen molar-refractivity contribution in [2.24, 2.45) is 11.7 Å². The van der Waals surface area contributed by atoms with Crippen LogP contribution >= 0.6 is 0 Å². The predicted octanol–water partition coefficient (Wildman–Crippen LogP) is 4.26. The lowest BCUT2D eigenvalue weighted by Gasteiger charge is -2.35. The molecule has 2 fully saturated rings. The van der Waals surface area contributed by atoms with Crippen LogP contribution in [0.3, 0.4) is 0 Å². The van der Waals surface area contributed by atoms with Crippen LogP contribution in [0.2, 0.25) is 0 Å². The Morgan fingerprint density at radius 3 is 2.64 bits per heavy atom. The molecular formula is C29H36FN5O4. The summed E-state index contributed by atoms with van der Waals surface area (Å²) in [5.74, 6) is -1.76. The van der Waals surface area contributed by atoms with E-state index in [9.17, 15) is 14.8 Å². The van der Waals surface area contributed by atoms with Crippen molar-refractivity contribution in [2.75, 3.05) is 6.61 Å². The van der Waals surface area contributed by atoms with Crippen molar-refractivity contribution in [3.05, 3.63) is 59.5 Å². The second kappa shape index (κ2) is 10.0. The van der Waals surface area contributed by atoms with Gasteiger partial charge in [-0.15, -0.1) is 0 Å². The van der Waals surface area contributed by atoms with Crippen molar-refractivity contribution in [1.29, 1.82) is 0 Å². The van der Waals surface area contributed by atoms with Crippen LogP contribution in [0, 0.1) is 11.7 Å². The lowest BCUT2D eigenvalue weighted by atomic mass is 9.87. The topological polar surface area (TPSA) is 123 Å². The second-order valence-corrected chi connectivity index (χ2v) is 11.9. The molecular weight excluding hydrogens is 501 g/mol. The number of esters is 1. The van der Waals surface area contributed by atoms with Gasteiger partial charge in [-0.3, -0.25) is 9.59 Å². The van der Waals surface area contributed by atoms with Gasteiger partial charge < -0.3 is 21.0 Å². The number of halogens is 1. The quantitative estimate of drug-likeness (QED) is 0.402. The first kappa shape index (κ1) is 27.2. The smallest absolute Gasteiger partial charge is 0.311 e. The molecule has 2 aromatic carbocycles. The fourth-order valence-corrected chi connectivity index (χ4v) is 6.13. The molecule has 4 N–H and O–H groups in total. The molecule has 1 aromatic heterocycles. The number of fused-ring (bicyclic) bond motifs is 1. The first-order valence-electron chi connectivity index (χ1n) is 13.4. The monoisotopic (exact) mass is 537 g/mol. The van der Waals surface area contributed by atoms with E-state index in [1.54, 1.807) is 30.5 Å². The minimum Gasteiger partial charge on any atom is -0.464 e. The third kappa shape index (κ3) is 5.04. The number of aromatic nitrogens is 2. The summed E-state index contributed by atoms with van der Waals surface area (Å²) in [6.45, 7) is 7.74. The summed E-state index contributed by atoms with van der Waals surface area (Å²) in [6.07, 6.45) is 4.78. The zero-order chi connectivity index (χ0) is 28.1. The minimum absolute atomic E-state index is 0.0539. The lowest BCUT2D eigenvalue weighted by molar-refractivity contribution is -0.200. The van der Waals surface area contributed by atoms with E-state index >= 15 is 4.39 Å². The molecule has 3 heterocycles. The van der Waals surface area contributed by atoms with E-state index in [0.717, 1.165) is 24.8 Å². The fourth-order valence-electron chi connectivity index (χ4n) is 6.13. The Morgan fingerprint density at radius 1 is 1.21 bits per heavy atom. The summed E-state index contributed by atoms with van der Waals surface area (Å²) < 4.78 is 22.4. The van der Waals surface area contributed by atoms with Gasteiger partial charge in [0.15, 0.2) is 0 Å². The molecule has 0 radical (unpaired) electrons. The Kier molecular flexibility index (Phi) is 6.98. The minimum atomic E-state index is -0.718. The van der Waals surface area contributed by atoms with E-state index in [-0.39, 0.29) is 35.9 Å². The van der Waals surface area contributed by atoms with Crippen molar-refractivity contribution in [3.63, 3.8) is 0 Å². The molecule has 10 heteroatoms. The third-order valence-electron chi connectivity index (χ3n) is 8.29. The van der Waals surface area contributed by atoms with Crippen molar-refractivity contribution >= 4 is 22.8 Å². The number of primary amides is 1. The Bertz CT molecular complexity index is 1420. The SMILES string of the molecule is CC1(C)CC(C(=O)OCC2CCCC(c3ccc(-n4cc5cccc(C(N)=O)c5n4)c(F)c3)N2)C(C)(C)N1O. The van der Waals surface area contributed by atoms with Crippen LogP contribution in [0.25, 0.3) is 16.6 Å². The zero-order valence-corrected chi connectivity index (χ0v) is 22.8. The van der Waals surface area contributed by atoms with Gasteiger partial charge in [-0.1, -0.05) is 18.2 Å². The molecule has 0 aliphatic carbocycles. The number of nitrogens with one attached hydrogen (secondary N) is 1. The summed E-state index contributed by atoms with van der Waals surface area (Å²) in [5.41, 5.74) is 6.02. The summed E-state index contributed by atoms with van der Waals surface area (Å²) >= 11 is 0. The number of hydrogen-bond acceptors (Lipinski definition) is 7. The lowest BCUT2D eigenvalue weighted by Crippen LogP contribution is -2.49. The number of nitrogens with two attached hydrogens (primary N) is 1. The van der Waals surface area contributed by atoms with Crippen LogP contribution in [0.1, 0.15) is 75.3 Å². The van der Waals surface area contributed by atoms with Gasteiger partial charge in [-0.05, 0) is 77.1 Å². The van der Waals surface area contributed by atoms with Gasteiger partial charge in [0.1, 0.15) is 23.6 Å². The number of carbonyl (C=O) groups excluding carboxylic acids is 2. The molecule has 208 valence electrons. The highest BCUT2D eigenvalue weighted by Gasteiger charge is 2.55. The van der Waals surface area contributed by atoms with Gasteiger partial charge in [0.2, 0.25) is 0 Å². The summed E-state index contributed by atoms with van der Waals surface area (Å²) in [5, 5.41) is 20.4. The molecule has 2 saturated heterocycles. The number of carbonyl (C=O) groups is 2. The van der Waals surface area contributed by atoms with Crippen LogP contribution in [0.4, 0.5) is 4.39 Å². The largest absolute Gasteiger partial charge is 0.464 e. The van der Waals surface area contributed by atoms with Gasteiger partial charge in [-0.2, -0.15) is 10.2 Å². The van der Waals surface area contributed by atoms with Crippen LogP contribution in [-0.2, 0) is 9.53 Å². The number of amides is 1. The molecule has 2 aliphatic rings. The number of hydroxylamine groups is 2. The molecule has 2 aliphatic heterocycles. The second-order valence-electron chi connectivity index (χ2n) is 11.9. The molecule has 3 aromatic rings. The molecule has 1 amide bonds. The highest BCUT2D eigenvalue weighted by molar-refractivity contribution is 6.04. The number of hydrogen-bond donors (Lipinski definition) is 3. The van der Waals surface area contributed by atoms with Crippen molar-refractivity contribution in [3.8, 4) is 5.69 Å². The van der Waals surface area contributed by atoms with Crippen LogP contribution in [-0.4, -0.2) is 55.7 Å². The third-order valence-corrected chi connectivity index (χ3v) is 8.29. The number of ether oxygens (including phenoxy) is 1. The van der Waals surface area contributed by atoms with E-state index in [1.165, 1.54) is 15.8 Å². The Labute approximate surface area is 227 Å². The average Bonchev–Trinajstić information content (AvgIpc) is 3.40. The maximum Gasteiger partial charge on any atom is 0.311 e. The molecule has 0 saturated carbocycles. The van der Waals surface area contributed by atoms with Gasteiger partial charge >= 0.3 is 5.97 Å². The van der Waals surface area contributed by atoms with Crippen molar-refractivity contribution in [1.82, 2.24) is 20.2 Å². The van der Waals surface area contributed by atoms with E-state index in [2.05, 4.69) is 10.4 Å². The molecule has 5 rings (SSSR count). The van der Waals surface area contributed by atoms with Crippen molar-refractivity contribution < 1.29 is 23.9 Å². The normalized spacial score (nSPS) is 24.6. The fraction of sp³-hybridized carbons (Fsp3) is 0.483. The van der Waals surface area contributed by atoms with Gasteiger partial charge in [-0.25, -0.2) is 9.07 Å². The Hall–Kier alpha value is -3.34. The summed E-state index contributed by atoms with van der Waals surface area (Å²) in [4.78, 5) is 24.7. The van der Waals surface area contributed by atoms with E-state index in [4.69, 9.17) is 10.5 Å². The number of rotatable bonds is 6. The summed E-state index contributed by atoms with van der Waals surface area (Å²) in [7, 11) is 0.